The molecule has 0 amide bonds. The summed E-state index contributed by atoms with van der Waals surface area (Å²) in [4.78, 5) is 9.50. The number of aryl methyl sites for hydroxylation is 1. The van der Waals surface area contributed by atoms with Crippen LogP contribution in [0.5, 0.6) is 0 Å². The molecule has 1 unspecified atom stereocenters. The van der Waals surface area contributed by atoms with E-state index in [2.05, 4.69) is 45.9 Å². The molecule has 7 nitrogen and oxygen atoms in total. The molecular weight excluding hydrogens is 302 g/mol. The number of likely N-dealkylation sites (N-methyl/N-ethyl adjacent to an activating group) is 2. The van der Waals surface area contributed by atoms with E-state index in [4.69, 9.17) is 4.99 Å². The van der Waals surface area contributed by atoms with Gasteiger partial charge in [-0.1, -0.05) is 13.0 Å². The summed E-state index contributed by atoms with van der Waals surface area (Å²) in [6.07, 6.45) is 4.40. The van der Waals surface area contributed by atoms with E-state index in [1.54, 1.807) is 0 Å². The molecule has 1 saturated heterocycles. The van der Waals surface area contributed by atoms with Gasteiger partial charge in [0.25, 0.3) is 0 Å². The first kappa shape index (κ1) is 18.4. The van der Waals surface area contributed by atoms with Crippen LogP contribution in [0.4, 0.5) is 0 Å². The Labute approximate surface area is 145 Å². The van der Waals surface area contributed by atoms with Gasteiger partial charge in [-0.15, -0.1) is 16.8 Å². The summed E-state index contributed by atoms with van der Waals surface area (Å²) in [7, 11) is 4.07. The van der Waals surface area contributed by atoms with Crippen LogP contribution in [0.2, 0.25) is 0 Å². The number of likely N-dealkylation sites (tertiary alicyclic amines) is 1. The fourth-order valence-corrected chi connectivity index (χ4v) is 3.13. The van der Waals surface area contributed by atoms with Crippen molar-refractivity contribution in [3.05, 3.63) is 24.3 Å². The third-order valence-electron chi connectivity index (χ3n) is 4.71. The van der Waals surface area contributed by atoms with Gasteiger partial charge in [-0.2, -0.15) is 0 Å². The van der Waals surface area contributed by atoms with Gasteiger partial charge in [0.2, 0.25) is 0 Å². The highest BCUT2D eigenvalue weighted by molar-refractivity contribution is 5.79. The van der Waals surface area contributed by atoms with Gasteiger partial charge in [0.1, 0.15) is 12.4 Å². The lowest BCUT2D eigenvalue weighted by Crippen LogP contribution is -2.46. The molecular formula is C17H31N7. The number of rotatable bonds is 7. The minimum atomic E-state index is 0.517. The maximum Gasteiger partial charge on any atom is 0.194 e. The summed E-state index contributed by atoms with van der Waals surface area (Å²) in [5.41, 5.74) is 0. The van der Waals surface area contributed by atoms with Crippen LogP contribution in [-0.2, 0) is 13.6 Å². The largest absolute Gasteiger partial charge is 0.353 e. The molecule has 1 aromatic heterocycles. The van der Waals surface area contributed by atoms with Gasteiger partial charge < -0.3 is 14.8 Å². The molecule has 1 aromatic rings. The van der Waals surface area contributed by atoms with Crippen molar-refractivity contribution in [2.24, 2.45) is 12.0 Å². The Kier molecular flexibility index (Phi) is 6.78. The van der Waals surface area contributed by atoms with Crippen molar-refractivity contribution in [1.82, 2.24) is 29.9 Å². The van der Waals surface area contributed by atoms with E-state index in [1.807, 2.05) is 24.6 Å². The van der Waals surface area contributed by atoms with E-state index in [9.17, 15) is 0 Å². The molecule has 134 valence electrons. The Bertz CT molecular complexity index is 563. The number of nitrogens with one attached hydrogen (secondary N) is 1. The first-order chi connectivity index (χ1) is 11.6. The molecule has 0 spiro atoms. The first-order valence-electron chi connectivity index (χ1n) is 8.76. The van der Waals surface area contributed by atoms with Crippen LogP contribution in [0.25, 0.3) is 0 Å². The number of nitrogens with zero attached hydrogens (tertiary/aromatic N) is 6. The standard InChI is InChI=1S/C17H31N7/c1-6-10-18-17(19-12-16-21-20-14(3)23(16)5)22(4)13-15-9-8-11-24(15)7-2/h6,15H,1,7-13H2,2-5H3,(H,18,19). The number of guanidine groups is 1. The summed E-state index contributed by atoms with van der Waals surface area (Å²) in [5.74, 6) is 2.66. The molecule has 0 aromatic carbocycles. The third-order valence-corrected chi connectivity index (χ3v) is 4.71. The zero-order chi connectivity index (χ0) is 17.5. The maximum absolute atomic E-state index is 4.74. The second kappa shape index (κ2) is 8.82. The Morgan fingerprint density at radius 2 is 2.29 bits per heavy atom. The van der Waals surface area contributed by atoms with Gasteiger partial charge >= 0.3 is 0 Å². The van der Waals surface area contributed by atoms with Crippen molar-refractivity contribution >= 4 is 5.96 Å². The molecule has 24 heavy (non-hydrogen) atoms. The van der Waals surface area contributed by atoms with Crippen molar-refractivity contribution in [3.63, 3.8) is 0 Å². The Balaban J connectivity index is 2.04. The smallest absolute Gasteiger partial charge is 0.194 e. The van der Waals surface area contributed by atoms with Crippen molar-refractivity contribution in [2.75, 3.05) is 33.2 Å². The van der Waals surface area contributed by atoms with Crippen LogP contribution in [-0.4, -0.2) is 69.8 Å². The summed E-state index contributed by atoms with van der Waals surface area (Å²) in [6, 6.07) is 0.604. The number of aromatic nitrogens is 3. The molecule has 1 aliphatic heterocycles. The van der Waals surface area contributed by atoms with Crippen molar-refractivity contribution in [1.29, 1.82) is 0 Å². The van der Waals surface area contributed by atoms with Gasteiger partial charge in [0, 0.05) is 33.2 Å². The molecule has 2 rings (SSSR count). The van der Waals surface area contributed by atoms with Gasteiger partial charge in [-0.3, -0.25) is 4.90 Å². The molecule has 2 heterocycles. The second-order valence-electron chi connectivity index (χ2n) is 6.34. The van der Waals surface area contributed by atoms with E-state index >= 15 is 0 Å². The van der Waals surface area contributed by atoms with Crippen molar-refractivity contribution < 1.29 is 0 Å². The van der Waals surface area contributed by atoms with Crippen molar-refractivity contribution in [3.8, 4) is 0 Å². The lowest BCUT2D eigenvalue weighted by Gasteiger charge is -2.29. The van der Waals surface area contributed by atoms with Gasteiger partial charge in [-0.05, 0) is 32.9 Å². The highest BCUT2D eigenvalue weighted by Crippen LogP contribution is 2.17. The minimum absolute atomic E-state index is 0.517. The van der Waals surface area contributed by atoms with Gasteiger partial charge in [0.15, 0.2) is 11.8 Å². The molecule has 7 heteroatoms. The fourth-order valence-electron chi connectivity index (χ4n) is 3.13. The van der Waals surface area contributed by atoms with E-state index < -0.39 is 0 Å². The van der Waals surface area contributed by atoms with E-state index in [0.717, 1.165) is 30.7 Å². The van der Waals surface area contributed by atoms with Crippen LogP contribution in [0.1, 0.15) is 31.4 Å². The van der Waals surface area contributed by atoms with Crippen molar-refractivity contribution in [2.45, 2.75) is 39.3 Å². The quantitative estimate of drug-likeness (QED) is 0.461. The second-order valence-corrected chi connectivity index (χ2v) is 6.34. The molecule has 1 aliphatic rings. The molecule has 1 atom stereocenters. The van der Waals surface area contributed by atoms with Crippen LogP contribution < -0.4 is 5.32 Å². The van der Waals surface area contributed by atoms with E-state index in [0.29, 0.717) is 19.1 Å². The monoisotopic (exact) mass is 333 g/mol. The molecule has 0 bridgehead atoms. The average Bonchev–Trinajstić information content (AvgIpc) is 3.15. The SMILES string of the molecule is C=CCNC(=NCc1nnc(C)n1C)N(C)CC1CCCN1CC. The Hall–Kier alpha value is -1.89. The predicted molar refractivity (Wildman–Crippen MR) is 98.0 cm³/mol. The third kappa shape index (κ3) is 4.56. The Morgan fingerprint density at radius 1 is 1.50 bits per heavy atom. The first-order valence-corrected chi connectivity index (χ1v) is 8.76. The van der Waals surface area contributed by atoms with Gasteiger partial charge in [-0.25, -0.2) is 4.99 Å². The lowest BCUT2D eigenvalue weighted by molar-refractivity contribution is 0.233. The van der Waals surface area contributed by atoms with E-state index in [-0.39, 0.29) is 0 Å². The van der Waals surface area contributed by atoms with Crippen LogP contribution in [0.3, 0.4) is 0 Å². The van der Waals surface area contributed by atoms with E-state index in [1.165, 1.54) is 19.4 Å². The summed E-state index contributed by atoms with van der Waals surface area (Å²) >= 11 is 0. The van der Waals surface area contributed by atoms with Gasteiger partial charge in [0.05, 0.1) is 0 Å². The zero-order valence-electron chi connectivity index (χ0n) is 15.5. The zero-order valence-corrected chi connectivity index (χ0v) is 15.5. The summed E-state index contributed by atoms with van der Waals surface area (Å²) < 4.78 is 1.98. The summed E-state index contributed by atoms with van der Waals surface area (Å²) in [6.45, 7) is 12.5. The molecule has 0 radical (unpaired) electrons. The van der Waals surface area contributed by atoms with Crippen LogP contribution in [0, 0.1) is 6.92 Å². The highest BCUT2D eigenvalue weighted by Gasteiger charge is 2.25. The normalized spacial score (nSPS) is 18.8. The van der Waals surface area contributed by atoms with Crippen LogP contribution >= 0.6 is 0 Å². The predicted octanol–water partition coefficient (Wildman–Crippen LogP) is 1.17. The highest BCUT2D eigenvalue weighted by atomic mass is 15.3. The molecule has 1 N–H and O–H groups in total. The molecule has 0 saturated carbocycles. The topological polar surface area (TPSA) is 61.6 Å². The summed E-state index contributed by atoms with van der Waals surface area (Å²) in [5, 5.41) is 11.6. The lowest BCUT2D eigenvalue weighted by atomic mass is 10.2. The number of hydrogen-bond donors (Lipinski definition) is 1. The molecule has 1 fully saturated rings. The fraction of sp³-hybridized carbons (Fsp3) is 0.706. The average molecular weight is 333 g/mol. The van der Waals surface area contributed by atoms with Crippen LogP contribution in [0.15, 0.2) is 17.6 Å². The maximum atomic E-state index is 4.74. The molecule has 0 aliphatic carbocycles. The Morgan fingerprint density at radius 3 is 2.92 bits per heavy atom. The number of aliphatic imine (C=N–C) groups is 1. The number of hydrogen-bond acceptors (Lipinski definition) is 4. The minimum Gasteiger partial charge on any atom is -0.353 e.